The quantitative estimate of drug-likeness (QED) is 0.749. The average Bonchev–Trinajstić information content (AvgIpc) is 3.16. The van der Waals surface area contributed by atoms with E-state index in [1.54, 1.807) is 4.90 Å². The van der Waals surface area contributed by atoms with Crippen molar-refractivity contribution in [3.05, 3.63) is 35.0 Å². The van der Waals surface area contributed by atoms with Crippen LogP contribution in [0.3, 0.4) is 0 Å². The van der Waals surface area contributed by atoms with Gasteiger partial charge in [0.15, 0.2) is 0 Å². The van der Waals surface area contributed by atoms with Crippen LogP contribution in [0, 0.1) is 5.41 Å². The molecule has 0 amide bonds. The molecule has 0 saturated carbocycles. The lowest BCUT2D eigenvalue weighted by atomic mass is 10.2. The molecule has 1 fully saturated rings. The van der Waals surface area contributed by atoms with Crippen molar-refractivity contribution < 1.29 is 14.7 Å². The molecule has 132 valence electrons. The number of aromatic nitrogens is 1. The molecule has 0 bridgehead atoms. The van der Waals surface area contributed by atoms with Gasteiger partial charge in [0.05, 0.1) is 42.1 Å². The molecule has 1 aromatic heterocycles. The standard InChI is InChI=1S/C18H22N4O2S/c19-17-16(18-20-13-4-1-2-5-15(13)25-18)14(23)12-22(17)7-3-6-21-8-10-24-11-9-21/h1-2,4-5,19,23H,3,6-12H2/p+1. The second-order valence-corrected chi connectivity index (χ2v) is 7.58. The Balaban J connectivity index is 1.40. The fourth-order valence-corrected chi connectivity index (χ4v) is 4.49. The molecule has 7 heteroatoms. The Labute approximate surface area is 150 Å². The summed E-state index contributed by atoms with van der Waals surface area (Å²) in [6.07, 6.45) is 1.01. The van der Waals surface area contributed by atoms with Crippen molar-refractivity contribution in [2.45, 2.75) is 6.42 Å². The van der Waals surface area contributed by atoms with Gasteiger partial charge in [-0.15, -0.1) is 11.3 Å². The number of hydrogen-bond acceptors (Lipinski definition) is 5. The van der Waals surface area contributed by atoms with Crippen molar-refractivity contribution in [3.63, 3.8) is 0 Å². The zero-order chi connectivity index (χ0) is 17.2. The van der Waals surface area contributed by atoms with Gasteiger partial charge in [-0.05, 0) is 12.1 Å². The van der Waals surface area contributed by atoms with E-state index in [9.17, 15) is 5.11 Å². The van der Waals surface area contributed by atoms with E-state index < -0.39 is 0 Å². The molecule has 4 rings (SSSR count). The number of nitrogens with zero attached hydrogens (tertiary/aromatic N) is 2. The third-order valence-corrected chi connectivity index (χ3v) is 5.90. The molecule has 2 aromatic rings. The highest BCUT2D eigenvalue weighted by Crippen LogP contribution is 2.32. The molecule has 0 aliphatic carbocycles. The van der Waals surface area contributed by atoms with Gasteiger partial charge in [-0.2, -0.15) is 0 Å². The maximum Gasteiger partial charge on any atom is 0.135 e. The number of para-hydroxylation sites is 1. The molecular formula is C18H23N4O2S+. The van der Waals surface area contributed by atoms with E-state index in [0.717, 1.165) is 61.0 Å². The van der Waals surface area contributed by atoms with Crippen LogP contribution in [0.2, 0.25) is 0 Å². The molecule has 1 saturated heterocycles. The van der Waals surface area contributed by atoms with E-state index >= 15 is 0 Å². The molecule has 0 radical (unpaired) electrons. The van der Waals surface area contributed by atoms with Crippen LogP contribution >= 0.6 is 11.3 Å². The summed E-state index contributed by atoms with van der Waals surface area (Å²) in [7, 11) is 0. The van der Waals surface area contributed by atoms with Crippen LogP contribution in [0.4, 0.5) is 0 Å². The molecule has 0 unspecified atom stereocenters. The summed E-state index contributed by atoms with van der Waals surface area (Å²) < 4.78 is 6.47. The first-order valence-electron chi connectivity index (χ1n) is 8.75. The number of benzene rings is 1. The number of amidine groups is 1. The third-order valence-electron chi connectivity index (χ3n) is 4.85. The molecule has 1 aromatic carbocycles. The van der Waals surface area contributed by atoms with E-state index in [1.807, 2.05) is 29.2 Å². The second kappa shape index (κ2) is 7.11. The molecule has 25 heavy (non-hydrogen) atoms. The average molecular weight is 359 g/mol. The van der Waals surface area contributed by atoms with Crippen molar-refractivity contribution >= 4 is 33.0 Å². The van der Waals surface area contributed by atoms with Gasteiger partial charge >= 0.3 is 0 Å². The number of rotatable bonds is 5. The monoisotopic (exact) mass is 359 g/mol. The van der Waals surface area contributed by atoms with Gasteiger partial charge in [-0.3, -0.25) is 5.41 Å². The first-order valence-corrected chi connectivity index (χ1v) is 9.57. The Morgan fingerprint density at radius 3 is 2.88 bits per heavy atom. The van der Waals surface area contributed by atoms with E-state index in [-0.39, 0.29) is 5.76 Å². The number of hydrogen-bond donors (Lipinski definition) is 3. The lowest BCUT2D eigenvalue weighted by molar-refractivity contribution is -0.908. The van der Waals surface area contributed by atoms with Crippen LogP contribution in [-0.2, 0) is 4.74 Å². The summed E-state index contributed by atoms with van der Waals surface area (Å²) in [6, 6.07) is 7.93. The Morgan fingerprint density at radius 2 is 2.08 bits per heavy atom. The highest BCUT2D eigenvalue weighted by molar-refractivity contribution is 7.19. The van der Waals surface area contributed by atoms with Crippen molar-refractivity contribution in [2.24, 2.45) is 0 Å². The van der Waals surface area contributed by atoms with Gasteiger partial charge in [0.2, 0.25) is 0 Å². The highest BCUT2D eigenvalue weighted by Gasteiger charge is 2.30. The maximum absolute atomic E-state index is 10.4. The first kappa shape index (κ1) is 16.5. The van der Waals surface area contributed by atoms with Crippen LogP contribution in [0.15, 0.2) is 30.0 Å². The summed E-state index contributed by atoms with van der Waals surface area (Å²) in [5.74, 6) is 0.663. The summed E-state index contributed by atoms with van der Waals surface area (Å²) in [4.78, 5) is 8.12. The minimum atomic E-state index is 0.266. The molecule has 2 aliphatic heterocycles. The van der Waals surface area contributed by atoms with Gasteiger partial charge in [0.25, 0.3) is 0 Å². The molecule has 6 nitrogen and oxygen atoms in total. The zero-order valence-electron chi connectivity index (χ0n) is 14.1. The summed E-state index contributed by atoms with van der Waals surface area (Å²) in [6.45, 7) is 6.13. The molecule has 0 spiro atoms. The Hall–Kier alpha value is -1.96. The van der Waals surface area contributed by atoms with Gasteiger partial charge in [-0.1, -0.05) is 12.1 Å². The topological polar surface area (TPSA) is 73.9 Å². The predicted molar refractivity (Wildman–Crippen MR) is 99.5 cm³/mol. The van der Waals surface area contributed by atoms with Gasteiger partial charge in [-0.25, -0.2) is 4.98 Å². The zero-order valence-corrected chi connectivity index (χ0v) is 14.9. The van der Waals surface area contributed by atoms with Crippen molar-refractivity contribution in [1.29, 1.82) is 5.41 Å². The number of thiazole rings is 1. The van der Waals surface area contributed by atoms with Crippen molar-refractivity contribution in [2.75, 3.05) is 45.9 Å². The molecule has 0 atom stereocenters. The number of nitrogens with one attached hydrogen (secondary N) is 2. The van der Waals surface area contributed by atoms with E-state index in [0.29, 0.717) is 18.0 Å². The fraction of sp³-hybridized carbons (Fsp3) is 0.444. The minimum Gasteiger partial charge on any atom is -0.510 e. The molecule has 3 N–H and O–H groups in total. The van der Waals surface area contributed by atoms with Crippen LogP contribution in [-0.4, -0.2) is 66.8 Å². The largest absolute Gasteiger partial charge is 0.510 e. The number of morpholine rings is 1. The van der Waals surface area contributed by atoms with Gasteiger partial charge < -0.3 is 19.6 Å². The van der Waals surface area contributed by atoms with Gasteiger partial charge in [0.1, 0.15) is 29.7 Å². The van der Waals surface area contributed by atoms with E-state index in [1.165, 1.54) is 11.3 Å². The summed E-state index contributed by atoms with van der Waals surface area (Å²) in [5.41, 5.74) is 1.52. The Morgan fingerprint density at radius 1 is 1.28 bits per heavy atom. The van der Waals surface area contributed by atoms with Crippen LogP contribution in [0.1, 0.15) is 11.4 Å². The van der Waals surface area contributed by atoms with Crippen LogP contribution in [0.25, 0.3) is 15.8 Å². The lowest BCUT2D eigenvalue weighted by Crippen LogP contribution is -3.14. The normalized spacial score (nSPS) is 19.4. The highest BCUT2D eigenvalue weighted by atomic mass is 32.1. The number of quaternary nitrogens is 1. The third kappa shape index (κ3) is 3.40. The summed E-state index contributed by atoms with van der Waals surface area (Å²) >= 11 is 1.54. The number of aliphatic hydroxyl groups is 1. The molecule has 3 heterocycles. The smallest absolute Gasteiger partial charge is 0.135 e. The van der Waals surface area contributed by atoms with E-state index in [2.05, 4.69) is 4.98 Å². The molecule has 2 aliphatic rings. The Bertz CT molecular complexity index is 777. The van der Waals surface area contributed by atoms with Crippen LogP contribution < -0.4 is 4.90 Å². The minimum absolute atomic E-state index is 0.266. The van der Waals surface area contributed by atoms with Gasteiger partial charge in [0, 0.05) is 13.0 Å². The fourth-order valence-electron chi connectivity index (χ4n) is 3.46. The Kier molecular flexibility index (Phi) is 4.70. The first-order chi connectivity index (χ1) is 12.2. The number of fused-ring (bicyclic) bond motifs is 1. The SMILES string of the molecule is N=C1C(c2nc3ccccc3s2)=C(O)CN1CCC[NH+]1CCOCC1. The number of aliphatic hydroxyl groups excluding tert-OH is 1. The predicted octanol–water partition coefficient (Wildman–Crippen LogP) is 1.16. The second-order valence-electron chi connectivity index (χ2n) is 6.54. The van der Waals surface area contributed by atoms with Crippen molar-refractivity contribution in [3.8, 4) is 0 Å². The van der Waals surface area contributed by atoms with Crippen molar-refractivity contribution in [1.82, 2.24) is 9.88 Å². The maximum atomic E-state index is 10.4. The van der Waals surface area contributed by atoms with Crippen LogP contribution in [0.5, 0.6) is 0 Å². The number of ether oxygens (including phenoxy) is 1. The summed E-state index contributed by atoms with van der Waals surface area (Å²) in [5, 5.41) is 19.6. The van der Waals surface area contributed by atoms with E-state index in [4.69, 9.17) is 10.1 Å². The molecular weight excluding hydrogens is 336 g/mol. The lowest BCUT2D eigenvalue weighted by Gasteiger charge is -2.25.